The van der Waals surface area contributed by atoms with Crippen molar-refractivity contribution in [3.63, 3.8) is 0 Å². The average molecular weight is 428 g/mol. The van der Waals surface area contributed by atoms with Crippen molar-refractivity contribution in [1.82, 2.24) is 20.1 Å². The van der Waals surface area contributed by atoms with Gasteiger partial charge < -0.3 is 19.6 Å². The molecule has 0 amide bonds. The maximum Gasteiger partial charge on any atom is 0.144 e. The van der Waals surface area contributed by atoms with Gasteiger partial charge in [-0.1, -0.05) is 35.5 Å². The van der Waals surface area contributed by atoms with E-state index in [0.717, 1.165) is 56.1 Å². The number of hydrogen-bond donors (Lipinski definition) is 2. The Bertz CT molecular complexity index is 1420. The van der Waals surface area contributed by atoms with E-state index >= 15 is 0 Å². The molecule has 0 saturated heterocycles. The van der Waals surface area contributed by atoms with Crippen LogP contribution in [0, 0.1) is 20.8 Å². The summed E-state index contributed by atoms with van der Waals surface area (Å²) in [5, 5.41) is 9.62. The second kappa shape index (κ2) is 7.67. The molecule has 7 heteroatoms. The number of aryl methyl sites for hydroxylation is 3. The van der Waals surface area contributed by atoms with Crippen molar-refractivity contribution < 1.29 is 9.26 Å². The minimum Gasteiger partial charge on any atom is -0.496 e. The van der Waals surface area contributed by atoms with Crippen molar-refractivity contribution in [2.24, 2.45) is 0 Å². The molecule has 2 N–H and O–H groups in total. The first kappa shape index (κ1) is 20.1. The number of H-pyrrole nitrogens is 1. The zero-order chi connectivity index (χ0) is 22.4. The molecule has 5 aromatic rings. The SMILES string of the molecule is COc1cc2c(cc1-c1c(C)noc1C)[nH]c1nc(C)nc(N[C@H](C)c3ccccc3)c12. The van der Waals surface area contributed by atoms with E-state index in [1.165, 1.54) is 5.56 Å². The molecular weight excluding hydrogens is 402 g/mol. The lowest BCUT2D eigenvalue weighted by Crippen LogP contribution is -2.09. The maximum atomic E-state index is 5.78. The summed E-state index contributed by atoms with van der Waals surface area (Å²) in [5.41, 5.74) is 5.63. The molecule has 32 heavy (non-hydrogen) atoms. The number of aromatic nitrogens is 4. The first-order valence-electron chi connectivity index (χ1n) is 10.6. The second-order valence-electron chi connectivity index (χ2n) is 8.04. The molecule has 0 radical (unpaired) electrons. The van der Waals surface area contributed by atoms with Crippen molar-refractivity contribution >= 4 is 27.8 Å². The van der Waals surface area contributed by atoms with Crippen molar-refractivity contribution in [3.8, 4) is 16.9 Å². The lowest BCUT2D eigenvalue weighted by atomic mass is 10.0. The molecule has 0 aliphatic carbocycles. The van der Waals surface area contributed by atoms with Gasteiger partial charge in [-0.15, -0.1) is 0 Å². The number of aromatic amines is 1. The molecule has 0 aliphatic heterocycles. The van der Waals surface area contributed by atoms with Gasteiger partial charge in [0, 0.05) is 22.5 Å². The topological polar surface area (TPSA) is 88.9 Å². The van der Waals surface area contributed by atoms with Gasteiger partial charge in [0.1, 0.15) is 28.8 Å². The Morgan fingerprint density at radius 1 is 1.06 bits per heavy atom. The lowest BCUT2D eigenvalue weighted by Gasteiger charge is -2.16. The molecule has 3 aromatic heterocycles. The second-order valence-corrected chi connectivity index (χ2v) is 8.04. The van der Waals surface area contributed by atoms with Crippen molar-refractivity contribution in [1.29, 1.82) is 0 Å². The number of hydrogen-bond acceptors (Lipinski definition) is 6. The fourth-order valence-corrected chi connectivity index (χ4v) is 4.30. The first-order chi connectivity index (χ1) is 15.5. The van der Waals surface area contributed by atoms with E-state index in [0.29, 0.717) is 5.82 Å². The molecule has 0 unspecified atom stereocenters. The van der Waals surface area contributed by atoms with Crippen LogP contribution in [0.2, 0.25) is 0 Å². The van der Waals surface area contributed by atoms with Crippen LogP contribution in [0.25, 0.3) is 33.1 Å². The average Bonchev–Trinajstić information content (AvgIpc) is 3.31. The van der Waals surface area contributed by atoms with Gasteiger partial charge in [-0.25, -0.2) is 9.97 Å². The third kappa shape index (κ3) is 3.26. The third-order valence-corrected chi connectivity index (χ3v) is 5.84. The Hall–Kier alpha value is -3.87. The number of methoxy groups -OCH3 is 1. The quantitative estimate of drug-likeness (QED) is 0.364. The molecule has 5 rings (SSSR count). The van der Waals surface area contributed by atoms with Crippen LogP contribution < -0.4 is 10.1 Å². The standard InChI is InChI=1S/C25H25N5O2/c1-13(17-9-7-6-8-10-17)26-24-23-18-12-21(31-5)19(22-14(2)30-32-15(22)3)11-20(18)29-25(23)28-16(4)27-24/h6-13H,1-5H3,(H2,26,27,28,29)/t13-/m1/s1. The summed E-state index contributed by atoms with van der Waals surface area (Å²) in [6.07, 6.45) is 0. The van der Waals surface area contributed by atoms with Gasteiger partial charge in [0.05, 0.1) is 23.8 Å². The van der Waals surface area contributed by atoms with Crippen LogP contribution >= 0.6 is 0 Å². The Kier molecular flexibility index (Phi) is 4.81. The molecule has 2 aromatic carbocycles. The molecular formula is C25H25N5O2. The summed E-state index contributed by atoms with van der Waals surface area (Å²) in [5.74, 6) is 2.99. The van der Waals surface area contributed by atoms with Gasteiger partial charge in [-0.2, -0.15) is 0 Å². The zero-order valence-corrected chi connectivity index (χ0v) is 18.8. The van der Waals surface area contributed by atoms with E-state index in [4.69, 9.17) is 14.2 Å². The fourth-order valence-electron chi connectivity index (χ4n) is 4.30. The number of rotatable bonds is 5. The van der Waals surface area contributed by atoms with Gasteiger partial charge >= 0.3 is 0 Å². The minimum absolute atomic E-state index is 0.0853. The highest BCUT2D eigenvalue weighted by molar-refractivity contribution is 6.12. The van der Waals surface area contributed by atoms with Crippen LogP contribution in [0.15, 0.2) is 47.0 Å². The molecule has 162 valence electrons. The molecule has 1 atom stereocenters. The van der Waals surface area contributed by atoms with Gasteiger partial charge in [-0.05, 0) is 45.4 Å². The van der Waals surface area contributed by atoms with E-state index in [9.17, 15) is 0 Å². The van der Waals surface area contributed by atoms with Gasteiger partial charge in [0.2, 0.25) is 0 Å². The number of fused-ring (bicyclic) bond motifs is 3. The van der Waals surface area contributed by atoms with Gasteiger partial charge in [0.15, 0.2) is 0 Å². The van der Waals surface area contributed by atoms with Crippen LogP contribution in [0.3, 0.4) is 0 Å². The van der Waals surface area contributed by atoms with Crippen molar-refractivity contribution in [3.05, 3.63) is 65.3 Å². The van der Waals surface area contributed by atoms with Crippen molar-refractivity contribution in [2.45, 2.75) is 33.7 Å². The summed E-state index contributed by atoms with van der Waals surface area (Å²) in [6.45, 7) is 7.87. The van der Waals surface area contributed by atoms with E-state index in [2.05, 4.69) is 45.6 Å². The predicted molar refractivity (Wildman–Crippen MR) is 126 cm³/mol. The zero-order valence-electron chi connectivity index (χ0n) is 18.8. The van der Waals surface area contributed by atoms with Crippen LogP contribution in [-0.4, -0.2) is 27.2 Å². The number of nitrogens with one attached hydrogen (secondary N) is 2. The summed E-state index contributed by atoms with van der Waals surface area (Å²) in [6, 6.07) is 14.5. The summed E-state index contributed by atoms with van der Waals surface area (Å²) in [4.78, 5) is 12.9. The van der Waals surface area contributed by atoms with Crippen molar-refractivity contribution in [2.75, 3.05) is 12.4 Å². The highest BCUT2D eigenvalue weighted by Gasteiger charge is 2.21. The molecule has 3 heterocycles. The van der Waals surface area contributed by atoms with E-state index in [-0.39, 0.29) is 6.04 Å². The summed E-state index contributed by atoms with van der Waals surface area (Å²) >= 11 is 0. The Morgan fingerprint density at radius 2 is 1.84 bits per heavy atom. The van der Waals surface area contributed by atoms with Gasteiger partial charge in [-0.3, -0.25) is 0 Å². The number of benzene rings is 2. The summed E-state index contributed by atoms with van der Waals surface area (Å²) < 4.78 is 11.2. The Labute approximate surface area is 185 Å². The smallest absolute Gasteiger partial charge is 0.144 e. The molecule has 0 fully saturated rings. The molecule has 7 nitrogen and oxygen atoms in total. The lowest BCUT2D eigenvalue weighted by molar-refractivity contribution is 0.393. The highest BCUT2D eigenvalue weighted by atomic mass is 16.5. The summed E-state index contributed by atoms with van der Waals surface area (Å²) in [7, 11) is 1.68. The largest absolute Gasteiger partial charge is 0.496 e. The minimum atomic E-state index is 0.0853. The van der Waals surface area contributed by atoms with E-state index in [1.54, 1.807) is 7.11 Å². The van der Waals surface area contributed by atoms with Gasteiger partial charge in [0.25, 0.3) is 0 Å². The fraction of sp³-hybridized carbons (Fsp3) is 0.240. The normalized spacial score (nSPS) is 12.4. The third-order valence-electron chi connectivity index (χ3n) is 5.84. The maximum absolute atomic E-state index is 5.78. The number of ether oxygens (including phenoxy) is 1. The van der Waals surface area contributed by atoms with Crippen LogP contribution in [0.5, 0.6) is 5.75 Å². The molecule has 0 bridgehead atoms. The van der Waals surface area contributed by atoms with Crippen LogP contribution in [0.4, 0.5) is 5.82 Å². The van der Waals surface area contributed by atoms with Crippen LogP contribution in [0.1, 0.15) is 35.8 Å². The Morgan fingerprint density at radius 3 is 2.53 bits per heavy atom. The molecule has 0 aliphatic rings. The highest BCUT2D eigenvalue weighted by Crippen LogP contribution is 2.40. The Balaban J connectivity index is 1.70. The van der Waals surface area contributed by atoms with Crippen LogP contribution in [-0.2, 0) is 0 Å². The monoisotopic (exact) mass is 427 g/mol. The molecule has 0 saturated carbocycles. The van der Waals surface area contributed by atoms with E-state index in [1.807, 2.05) is 45.0 Å². The molecule has 0 spiro atoms. The van der Waals surface area contributed by atoms with E-state index < -0.39 is 0 Å². The number of anilines is 1. The predicted octanol–water partition coefficient (Wildman–Crippen LogP) is 5.87. The number of nitrogens with zero attached hydrogens (tertiary/aromatic N) is 3. The first-order valence-corrected chi connectivity index (χ1v) is 10.6.